The summed E-state index contributed by atoms with van der Waals surface area (Å²) in [5, 5.41) is 2.95. The molecule has 1 aromatic carbocycles. The number of rotatable bonds is 9. The minimum atomic E-state index is -0.824. The van der Waals surface area contributed by atoms with Gasteiger partial charge in [-0.2, -0.15) is 0 Å². The van der Waals surface area contributed by atoms with Crippen molar-refractivity contribution in [3.63, 3.8) is 0 Å². The Kier molecular flexibility index (Phi) is 8.11. The first-order valence-electron chi connectivity index (χ1n) is 10.1. The van der Waals surface area contributed by atoms with Crippen LogP contribution in [-0.4, -0.2) is 49.8 Å². The van der Waals surface area contributed by atoms with E-state index in [1.165, 1.54) is 25.9 Å². The minimum Gasteiger partial charge on any atom is -0.492 e. The fourth-order valence-electron chi connectivity index (χ4n) is 3.52. The third-order valence-electron chi connectivity index (χ3n) is 5.39. The van der Waals surface area contributed by atoms with Crippen LogP contribution in [0.3, 0.4) is 0 Å². The number of piperidine rings is 1. The molecule has 1 amide bonds. The molecule has 5 nitrogen and oxygen atoms in total. The summed E-state index contributed by atoms with van der Waals surface area (Å²) in [6.45, 7) is 12.3. The summed E-state index contributed by atoms with van der Waals surface area (Å²) in [7, 11) is 1.59. The van der Waals surface area contributed by atoms with Crippen molar-refractivity contribution in [3.05, 3.63) is 24.3 Å². The minimum absolute atomic E-state index is 0.119. The molecule has 0 spiro atoms. The van der Waals surface area contributed by atoms with Gasteiger partial charge in [0.05, 0.1) is 0 Å². The van der Waals surface area contributed by atoms with Gasteiger partial charge in [-0.3, -0.25) is 9.69 Å². The number of nitrogens with one attached hydrogen (secondary N) is 1. The maximum atomic E-state index is 12.6. The molecule has 5 heteroatoms. The molecule has 0 aromatic heterocycles. The Balaban J connectivity index is 1.79. The van der Waals surface area contributed by atoms with Crippen molar-refractivity contribution in [1.29, 1.82) is 0 Å². The highest BCUT2D eigenvalue weighted by Crippen LogP contribution is 2.23. The highest BCUT2D eigenvalue weighted by molar-refractivity contribution is 5.97. The van der Waals surface area contributed by atoms with Crippen LogP contribution in [-0.2, 0) is 9.53 Å². The Morgan fingerprint density at radius 3 is 2.44 bits per heavy atom. The highest BCUT2D eigenvalue weighted by Gasteiger charge is 2.33. The maximum absolute atomic E-state index is 12.6. The van der Waals surface area contributed by atoms with Crippen LogP contribution in [0.5, 0.6) is 5.75 Å². The second-order valence-electron chi connectivity index (χ2n) is 8.38. The van der Waals surface area contributed by atoms with Crippen molar-refractivity contribution in [2.75, 3.05) is 38.7 Å². The van der Waals surface area contributed by atoms with Gasteiger partial charge in [-0.15, -0.1) is 0 Å². The van der Waals surface area contributed by atoms with Gasteiger partial charge < -0.3 is 14.8 Å². The Hall–Kier alpha value is -1.59. The van der Waals surface area contributed by atoms with Crippen LogP contribution < -0.4 is 10.1 Å². The van der Waals surface area contributed by atoms with Gasteiger partial charge in [0.15, 0.2) is 0 Å². The smallest absolute Gasteiger partial charge is 0.256 e. The number of carbonyl (C=O) groups is 1. The van der Waals surface area contributed by atoms with Crippen molar-refractivity contribution < 1.29 is 14.3 Å². The SMILES string of the molecule is CO[C@](C)(CC(C)C)C(=O)Nc1ccc(OCCN2CCC(C)CC2)cc1. The Labute approximate surface area is 164 Å². The number of amides is 1. The predicted molar refractivity (Wildman–Crippen MR) is 110 cm³/mol. The fourth-order valence-corrected chi connectivity index (χ4v) is 3.52. The molecule has 2 rings (SSSR count). The second kappa shape index (κ2) is 10.1. The maximum Gasteiger partial charge on any atom is 0.256 e. The van der Waals surface area contributed by atoms with E-state index in [9.17, 15) is 4.79 Å². The molecular formula is C22H36N2O3. The van der Waals surface area contributed by atoms with E-state index in [1.54, 1.807) is 7.11 Å². The van der Waals surface area contributed by atoms with E-state index in [0.717, 1.165) is 23.9 Å². The zero-order chi connectivity index (χ0) is 19.9. The lowest BCUT2D eigenvalue weighted by atomic mass is 9.93. The third kappa shape index (κ3) is 6.82. The second-order valence-corrected chi connectivity index (χ2v) is 8.38. The average molecular weight is 377 g/mol. The number of ether oxygens (including phenoxy) is 2. The van der Waals surface area contributed by atoms with Crippen molar-refractivity contribution in [2.24, 2.45) is 11.8 Å². The van der Waals surface area contributed by atoms with E-state index in [2.05, 4.69) is 31.0 Å². The summed E-state index contributed by atoms with van der Waals surface area (Å²) in [5.41, 5.74) is -0.0701. The molecule has 1 N–H and O–H groups in total. The normalized spacial score (nSPS) is 18.3. The average Bonchev–Trinajstić information content (AvgIpc) is 2.64. The molecule has 1 heterocycles. The van der Waals surface area contributed by atoms with Crippen LogP contribution in [0, 0.1) is 11.8 Å². The zero-order valence-electron chi connectivity index (χ0n) is 17.6. The number of likely N-dealkylation sites (tertiary alicyclic amines) is 1. The third-order valence-corrected chi connectivity index (χ3v) is 5.39. The van der Waals surface area contributed by atoms with Crippen LogP contribution in [0.2, 0.25) is 0 Å². The number of methoxy groups -OCH3 is 1. The van der Waals surface area contributed by atoms with E-state index in [-0.39, 0.29) is 5.91 Å². The van der Waals surface area contributed by atoms with Crippen molar-refractivity contribution in [3.8, 4) is 5.75 Å². The topological polar surface area (TPSA) is 50.8 Å². The van der Waals surface area contributed by atoms with Crippen LogP contribution in [0.1, 0.15) is 47.0 Å². The predicted octanol–water partition coefficient (Wildman–Crippen LogP) is 4.19. The summed E-state index contributed by atoms with van der Waals surface area (Å²) in [6.07, 6.45) is 3.24. The Morgan fingerprint density at radius 2 is 1.89 bits per heavy atom. The first-order chi connectivity index (χ1) is 12.8. The lowest BCUT2D eigenvalue weighted by Crippen LogP contribution is -2.43. The Morgan fingerprint density at radius 1 is 1.26 bits per heavy atom. The molecule has 0 radical (unpaired) electrons. The van der Waals surface area contributed by atoms with Gasteiger partial charge in [0.2, 0.25) is 0 Å². The van der Waals surface area contributed by atoms with Gasteiger partial charge in [-0.1, -0.05) is 20.8 Å². The number of anilines is 1. The number of nitrogens with zero attached hydrogens (tertiary/aromatic N) is 1. The van der Waals surface area contributed by atoms with Crippen molar-refractivity contribution >= 4 is 11.6 Å². The lowest BCUT2D eigenvalue weighted by Gasteiger charge is -2.30. The van der Waals surface area contributed by atoms with Gasteiger partial charge in [0.25, 0.3) is 5.91 Å². The van der Waals surface area contributed by atoms with E-state index >= 15 is 0 Å². The van der Waals surface area contributed by atoms with Gasteiger partial charge in [0, 0.05) is 19.3 Å². The first kappa shape index (κ1) is 21.7. The summed E-state index contributed by atoms with van der Waals surface area (Å²) in [6, 6.07) is 7.56. The largest absolute Gasteiger partial charge is 0.492 e. The van der Waals surface area contributed by atoms with Crippen molar-refractivity contribution in [2.45, 2.75) is 52.6 Å². The molecule has 0 saturated carbocycles. The number of benzene rings is 1. The van der Waals surface area contributed by atoms with E-state index in [0.29, 0.717) is 18.9 Å². The molecule has 27 heavy (non-hydrogen) atoms. The lowest BCUT2D eigenvalue weighted by molar-refractivity contribution is -0.137. The molecule has 0 aliphatic carbocycles. The van der Waals surface area contributed by atoms with E-state index < -0.39 is 5.60 Å². The summed E-state index contributed by atoms with van der Waals surface area (Å²) < 4.78 is 11.3. The van der Waals surface area contributed by atoms with E-state index in [4.69, 9.17) is 9.47 Å². The Bertz CT molecular complexity index is 580. The van der Waals surface area contributed by atoms with Gasteiger partial charge in [-0.05, 0) is 75.4 Å². The van der Waals surface area contributed by atoms with Crippen LogP contribution >= 0.6 is 0 Å². The van der Waals surface area contributed by atoms with Gasteiger partial charge in [0.1, 0.15) is 18.0 Å². The molecule has 1 aromatic rings. The highest BCUT2D eigenvalue weighted by atomic mass is 16.5. The molecule has 1 fully saturated rings. The number of hydrogen-bond donors (Lipinski definition) is 1. The molecule has 1 aliphatic heterocycles. The summed E-state index contributed by atoms with van der Waals surface area (Å²) >= 11 is 0. The van der Waals surface area contributed by atoms with E-state index in [1.807, 2.05) is 31.2 Å². The standard InChI is InChI=1S/C22H36N2O3/c1-17(2)16-22(4,26-5)21(25)23-19-6-8-20(9-7-19)27-15-14-24-12-10-18(3)11-13-24/h6-9,17-18H,10-16H2,1-5H3,(H,23,25)/t22-/m1/s1. The summed E-state index contributed by atoms with van der Waals surface area (Å²) in [5.74, 6) is 1.94. The van der Waals surface area contributed by atoms with Gasteiger partial charge >= 0.3 is 0 Å². The fraction of sp³-hybridized carbons (Fsp3) is 0.682. The molecule has 1 aliphatic rings. The molecule has 0 bridgehead atoms. The molecule has 152 valence electrons. The number of hydrogen-bond acceptors (Lipinski definition) is 4. The number of carbonyl (C=O) groups excluding carboxylic acids is 1. The van der Waals surface area contributed by atoms with Gasteiger partial charge in [-0.25, -0.2) is 0 Å². The first-order valence-corrected chi connectivity index (χ1v) is 10.1. The molecule has 1 saturated heterocycles. The summed E-state index contributed by atoms with van der Waals surface area (Å²) in [4.78, 5) is 15.1. The van der Waals surface area contributed by atoms with Crippen molar-refractivity contribution in [1.82, 2.24) is 4.90 Å². The van der Waals surface area contributed by atoms with Crippen LogP contribution in [0.25, 0.3) is 0 Å². The quantitative estimate of drug-likeness (QED) is 0.702. The monoisotopic (exact) mass is 376 g/mol. The van der Waals surface area contributed by atoms with Crippen LogP contribution in [0.15, 0.2) is 24.3 Å². The zero-order valence-corrected chi connectivity index (χ0v) is 17.6. The molecular weight excluding hydrogens is 340 g/mol. The van der Waals surface area contributed by atoms with Crippen LogP contribution in [0.4, 0.5) is 5.69 Å². The molecule has 0 unspecified atom stereocenters. The molecule has 1 atom stereocenters.